The van der Waals surface area contributed by atoms with Crippen molar-refractivity contribution in [3.63, 3.8) is 0 Å². The molecular formula is C22H34O4. The molecule has 1 saturated carbocycles. The summed E-state index contributed by atoms with van der Waals surface area (Å²) >= 11 is 0. The maximum absolute atomic E-state index is 10.3. The fourth-order valence-electron chi connectivity index (χ4n) is 3.68. The van der Waals surface area contributed by atoms with Crippen LogP contribution in [0.25, 0.3) is 0 Å². The van der Waals surface area contributed by atoms with Gasteiger partial charge in [0.15, 0.2) is 0 Å². The molecule has 146 valence electrons. The van der Waals surface area contributed by atoms with Gasteiger partial charge in [-0.05, 0) is 37.3 Å². The number of rotatable bonds is 11. The van der Waals surface area contributed by atoms with Gasteiger partial charge in [-0.3, -0.25) is 0 Å². The van der Waals surface area contributed by atoms with E-state index >= 15 is 0 Å². The lowest BCUT2D eigenvalue weighted by Gasteiger charge is -2.20. The van der Waals surface area contributed by atoms with Crippen LogP contribution in [0.5, 0.6) is 0 Å². The summed E-state index contributed by atoms with van der Waals surface area (Å²) in [5, 5.41) is 20.7. The molecular weight excluding hydrogens is 328 g/mol. The molecule has 26 heavy (non-hydrogen) atoms. The first-order valence-corrected chi connectivity index (χ1v) is 9.90. The van der Waals surface area contributed by atoms with Crippen molar-refractivity contribution in [2.45, 2.75) is 70.2 Å². The van der Waals surface area contributed by atoms with Gasteiger partial charge in [0.2, 0.25) is 0 Å². The molecule has 0 aromatic carbocycles. The van der Waals surface area contributed by atoms with Gasteiger partial charge in [-0.1, -0.05) is 44.1 Å². The van der Waals surface area contributed by atoms with Crippen LogP contribution in [0.1, 0.15) is 51.2 Å². The molecule has 1 heterocycles. The van der Waals surface area contributed by atoms with Crippen molar-refractivity contribution in [3.8, 4) is 0 Å². The van der Waals surface area contributed by atoms with E-state index in [0.29, 0.717) is 6.42 Å². The Morgan fingerprint density at radius 3 is 2.85 bits per heavy atom. The van der Waals surface area contributed by atoms with Crippen LogP contribution < -0.4 is 0 Å². The number of aliphatic hydroxyl groups excluding tert-OH is 2. The Morgan fingerprint density at radius 1 is 1.31 bits per heavy atom. The van der Waals surface area contributed by atoms with E-state index in [1.807, 2.05) is 24.3 Å². The highest BCUT2D eigenvalue weighted by Crippen LogP contribution is 2.36. The normalized spacial score (nSPS) is 27.7. The Labute approximate surface area is 157 Å². The highest BCUT2D eigenvalue weighted by molar-refractivity contribution is 5.07. The van der Waals surface area contributed by atoms with Gasteiger partial charge >= 0.3 is 0 Å². The third-order valence-corrected chi connectivity index (χ3v) is 5.32. The first-order chi connectivity index (χ1) is 12.7. The van der Waals surface area contributed by atoms with E-state index in [9.17, 15) is 10.2 Å². The Bertz CT molecular complexity index is 534. The van der Waals surface area contributed by atoms with Gasteiger partial charge in [0.1, 0.15) is 5.76 Å². The second kappa shape index (κ2) is 11.4. The number of hydrogen-bond donors (Lipinski definition) is 2. The van der Waals surface area contributed by atoms with Crippen molar-refractivity contribution in [3.05, 3.63) is 48.5 Å². The van der Waals surface area contributed by atoms with Crippen molar-refractivity contribution in [1.82, 2.24) is 0 Å². The molecule has 0 aliphatic heterocycles. The molecule has 0 saturated heterocycles. The molecule has 0 unspecified atom stereocenters. The summed E-state index contributed by atoms with van der Waals surface area (Å²) in [5.41, 5.74) is 0. The third kappa shape index (κ3) is 6.42. The van der Waals surface area contributed by atoms with Crippen LogP contribution in [0, 0.1) is 11.8 Å². The maximum atomic E-state index is 10.3. The van der Waals surface area contributed by atoms with Gasteiger partial charge in [-0.15, -0.1) is 0 Å². The lowest BCUT2D eigenvalue weighted by atomic mass is 9.89. The minimum Gasteiger partial charge on any atom is -0.469 e. The van der Waals surface area contributed by atoms with Gasteiger partial charge in [-0.25, -0.2) is 0 Å². The van der Waals surface area contributed by atoms with Crippen LogP contribution in [0.15, 0.2) is 47.1 Å². The van der Waals surface area contributed by atoms with E-state index in [1.54, 1.807) is 13.4 Å². The van der Waals surface area contributed by atoms with Crippen LogP contribution >= 0.6 is 0 Å². The number of hydrogen-bond acceptors (Lipinski definition) is 4. The number of aryl methyl sites for hydroxylation is 1. The molecule has 0 bridgehead atoms. The highest BCUT2D eigenvalue weighted by atomic mass is 16.5. The second-order valence-electron chi connectivity index (χ2n) is 7.24. The third-order valence-electron chi connectivity index (χ3n) is 5.32. The monoisotopic (exact) mass is 362 g/mol. The van der Waals surface area contributed by atoms with Gasteiger partial charge in [-0.2, -0.15) is 0 Å². The van der Waals surface area contributed by atoms with Crippen LogP contribution in [0.3, 0.4) is 0 Å². The van der Waals surface area contributed by atoms with Crippen molar-refractivity contribution in [1.29, 1.82) is 0 Å². The second-order valence-corrected chi connectivity index (χ2v) is 7.24. The summed E-state index contributed by atoms with van der Waals surface area (Å²) in [6.45, 7) is 2.18. The topological polar surface area (TPSA) is 62.8 Å². The lowest BCUT2D eigenvalue weighted by Crippen LogP contribution is -2.20. The summed E-state index contributed by atoms with van der Waals surface area (Å²) < 4.78 is 10.9. The standard InChI is InChI=1S/C22H34O4/c1-3-4-5-6-7-10-19-20(22(24)16-21(19)23)14-13-17(25-2)11-12-18-9-8-15-26-18/h6-9,13-15,17,19-24H,3-5,10-12,16H2,1-2H3/b7-6-,14-13+/t17-,19-,20-,21+,22+/m1/s1. The first kappa shape index (κ1) is 20.9. The van der Waals surface area contributed by atoms with Crippen molar-refractivity contribution in [2.24, 2.45) is 11.8 Å². The molecule has 1 fully saturated rings. The smallest absolute Gasteiger partial charge is 0.103 e. The molecule has 1 aliphatic carbocycles. The molecule has 1 aromatic rings. The van der Waals surface area contributed by atoms with Gasteiger partial charge in [0.25, 0.3) is 0 Å². The van der Waals surface area contributed by atoms with Crippen LogP contribution in [0.4, 0.5) is 0 Å². The fraction of sp³-hybridized carbons (Fsp3) is 0.636. The number of ether oxygens (including phenoxy) is 1. The van der Waals surface area contributed by atoms with E-state index in [0.717, 1.165) is 31.4 Å². The zero-order valence-electron chi connectivity index (χ0n) is 16.1. The SMILES string of the molecule is CCCC/C=C\C[C@@H]1[C@@H](/C=C/[C@@H](CCc2ccco2)OC)[C@@H](O)C[C@@H]1O. The van der Waals surface area contributed by atoms with E-state index in [2.05, 4.69) is 19.1 Å². The molecule has 4 heteroatoms. The predicted octanol–water partition coefficient (Wildman–Crippen LogP) is 4.28. The Kier molecular flexibility index (Phi) is 9.16. The van der Waals surface area contributed by atoms with E-state index in [-0.39, 0.29) is 17.9 Å². The lowest BCUT2D eigenvalue weighted by molar-refractivity contribution is 0.120. The predicted molar refractivity (Wildman–Crippen MR) is 104 cm³/mol. The quantitative estimate of drug-likeness (QED) is 0.456. The molecule has 2 rings (SSSR count). The summed E-state index contributed by atoms with van der Waals surface area (Å²) in [6.07, 6.45) is 15.5. The van der Waals surface area contributed by atoms with Crippen molar-refractivity contribution >= 4 is 0 Å². The van der Waals surface area contributed by atoms with Crippen LogP contribution in [-0.4, -0.2) is 35.6 Å². The number of furan rings is 1. The largest absolute Gasteiger partial charge is 0.469 e. The Hall–Kier alpha value is -1.36. The van der Waals surface area contributed by atoms with E-state index in [1.165, 1.54) is 12.8 Å². The molecule has 0 amide bonds. The number of methoxy groups -OCH3 is 1. The zero-order valence-corrected chi connectivity index (χ0v) is 16.1. The maximum Gasteiger partial charge on any atom is 0.103 e. The first-order valence-electron chi connectivity index (χ1n) is 9.90. The fourth-order valence-corrected chi connectivity index (χ4v) is 3.68. The number of allylic oxidation sites excluding steroid dienone is 2. The molecule has 2 N–H and O–H groups in total. The molecule has 1 aliphatic rings. The van der Waals surface area contributed by atoms with Crippen LogP contribution in [0.2, 0.25) is 0 Å². The minimum atomic E-state index is -0.488. The van der Waals surface area contributed by atoms with E-state index < -0.39 is 12.2 Å². The van der Waals surface area contributed by atoms with E-state index in [4.69, 9.17) is 9.15 Å². The highest BCUT2D eigenvalue weighted by Gasteiger charge is 2.39. The summed E-state index contributed by atoms with van der Waals surface area (Å²) in [4.78, 5) is 0. The number of aliphatic hydroxyl groups is 2. The average Bonchev–Trinajstić information content (AvgIpc) is 3.24. The summed E-state index contributed by atoms with van der Waals surface area (Å²) in [6, 6.07) is 3.86. The van der Waals surface area contributed by atoms with Gasteiger partial charge in [0.05, 0.1) is 24.6 Å². The van der Waals surface area contributed by atoms with Gasteiger partial charge in [0, 0.05) is 25.9 Å². The molecule has 0 radical (unpaired) electrons. The van der Waals surface area contributed by atoms with Crippen LogP contribution in [-0.2, 0) is 11.2 Å². The molecule has 5 atom stereocenters. The summed E-state index contributed by atoms with van der Waals surface area (Å²) in [7, 11) is 1.70. The molecule has 1 aromatic heterocycles. The molecule has 4 nitrogen and oxygen atoms in total. The summed E-state index contributed by atoms with van der Waals surface area (Å²) in [5.74, 6) is 0.996. The number of unbranched alkanes of at least 4 members (excludes halogenated alkanes) is 2. The average molecular weight is 363 g/mol. The zero-order chi connectivity index (χ0) is 18.8. The van der Waals surface area contributed by atoms with Gasteiger partial charge < -0.3 is 19.4 Å². The Morgan fingerprint density at radius 2 is 2.15 bits per heavy atom. The van der Waals surface area contributed by atoms with Crippen molar-refractivity contribution in [2.75, 3.05) is 7.11 Å². The molecule has 0 spiro atoms. The van der Waals surface area contributed by atoms with Crippen molar-refractivity contribution < 1.29 is 19.4 Å². The Balaban J connectivity index is 1.89. The minimum absolute atomic E-state index is 0.0224.